The van der Waals surface area contributed by atoms with E-state index >= 15 is 0 Å². The van der Waals surface area contributed by atoms with E-state index in [2.05, 4.69) is 18.0 Å². The summed E-state index contributed by atoms with van der Waals surface area (Å²) in [6, 6.07) is 8.00. The van der Waals surface area contributed by atoms with E-state index in [1.165, 1.54) is 18.4 Å². The van der Waals surface area contributed by atoms with Gasteiger partial charge in [-0.15, -0.1) is 0 Å². The van der Waals surface area contributed by atoms with Crippen LogP contribution in [0.4, 0.5) is 0 Å². The summed E-state index contributed by atoms with van der Waals surface area (Å²) >= 11 is 5.99. The van der Waals surface area contributed by atoms with Crippen molar-refractivity contribution in [3.63, 3.8) is 0 Å². The first-order valence-electron chi connectivity index (χ1n) is 6.67. The minimum atomic E-state index is 0.132. The maximum absolute atomic E-state index is 9.63. The first-order chi connectivity index (χ1) is 8.63. The SMILES string of the molecule is CN(Cc1cccc(Cl)c1)CC1(CO)CCCC1. The van der Waals surface area contributed by atoms with Crippen molar-refractivity contribution in [3.05, 3.63) is 34.9 Å². The number of hydrogen-bond donors (Lipinski definition) is 1. The van der Waals surface area contributed by atoms with Crippen molar-refractivity contribution in [2.75, 3.05) is 20.2 Å². The van der Waals surface area contributed by atoms with Crippen molar-refractivity contribution >= 4 is 11.6 Å². The summed E-state index contributed by atoms with van der Waals surface area (Å²) in [5.74, 6) is 0. The third-order valence-electron chi connectivity index (χ3n) is 3.95. The Kier molecular flexibility index (Phi) is 4.66. The lowest BCUT2D eigenvalue weighted by atomic mass is 9.86. The van der Waals surface area contributed by atoms with E-state index in [-0.39, 0.29) is 5.41 Å². The molecule has 0 heterocycles. The first kappa shape index (κ1) is 13.9. The van der Waals surface area contributed by atoms with Crippen LogP contribution < -0.4 is 0 Å². The van der Waals surface area contributed by atoms with Crippen LogP contribution in [0.15, 0.2) is 24.3 Å². The quantitative estimate of drug-likeness (QED) is 0.885. The molecule has 0 atom stereocenters. The molecule has 1 N–H and O–H groups in total. The molecule has 2 nitrogen and oxygen atoms in total. The summed E-state index contributed by atoms with van der Waals surface area (Å²) in [5.41, 5.74) is 1.36. The molecular weight excluding hydrogens is 246 g/mol. The standard InChI is InChI=1S/C15H22ClNO/c1-17(10-13-5-4-6-14(16)9-13)11-15(12-18)7-2-3-8-15/h4-6,9,18H,2-3,7-8,10-12H2,1H3. The summed E-state index contributed by atoms with van der Waals surface area (Å²) < 4.78 is 0. The Hall–Kier alpha value is -0.570. The third-order valence-corrected chi connectivity index (χ3v) is 4.18. The predicted octanol–water partition coefficient (Wildman–Crippen LogP) is 3.32. The van der Waals surface area contributed by atoms with Gasteiger partial charge in [0.2, 0.25) is 0 Å². The van der Waals surface area contributed by atoms with Gasteiger partial charge in [-0.3, -0.25) is 0 Å². The normalized spacial score (nSPS) is 18.4. The lowest BCUT2D eigenvalue weighted by Crippen LogP contribution is -2.36. The molecule has 0 aromatic heterocycles. The molecule has 1 aromatic rings. The van der Waals surface area contributed by atoms with E-state index in [0.29, 0.717) is 6.61 Å². The number of rotatable bonds is 5. The monoisotopic (exact) mass is 267 g/mol. The Morgan fingerprint density at radius 2 is 2.06 bits per heavy atom. The van der Waals surface area contributed by atoms with Crippen molar-refractivity contribution in [1.29, 1.82) is 0 Å². The molecule has 0 radical (unpaired) electrons. The fourth-order valence-corrected chi connectivity index (χ4v) is 3.28. The summed E-state index contributed by atoms with van der Waals surface area (Å²) in [6.07, 6.45) is 4.82. The highest BCUT2D eigenvalue weighted by Gasteiger charge is 2.34. The molecule has 1 aliphatic carbocycles. The number of nitrogens with zero attached hydrogens (tertiary/aromatic N) is 1. The van der Waals surface area contributed by atoms with Gasteiger partial charge in [-0.1, -0.05) is 36.6 Å². The van der Waals surface area contributed by atoms with Crippen LogP contribution >= 0.6 is 11.6 Å². The number of hydrogen-bond acceptors (Lipinski definition) is 2. The Morgan fingerprint density at radius 1 is 1.33 bits per heavy atom. The molecule has 0 spiro atoms. The van der Waals surface area contributed by atoms with Crippen LogP contribution in [0, 0.1) is 5.41 Å². The molecule has 1 fully saturated rings. The van der Waals surface area contributed by atoms with Gasteiger partial charge in [0.05, 0.1) is 0 Å². The molecular formula is C15H22ClNO. The van der Waals surface area contributed by atoms with E-state index in [1.54, 1.807) is 0 Å². The zero-order valence-corrected chi connectivity index (χ0v) is 11.8. The van der Waals surface area contributed by atoms with Gasteiger partial charge in [0.1, 0.15) is 0 Å². The minimum Gasteiger partial charge on any atom is -0.396 e. The molecule has 1 saturated carbocycles. The summed E-state index contributed by atoms with van der Waals surface area (Å²) in [4.78, 5) is 2.30. The highest BCUT2D eigenvalue weighted by Crippen LogP contribution is 2.38. The van der Waals surface area contributed by atoms with Gasteiger partial charge in [-0.05, 0) is 37.6 Å². The second kappa shape index (κ2) is 6.05. The molecule has 3 heteroatoms. The fourth-order valence-electron chi connectivity index (χ4n) is 3.07. The van der Waals surface area contributed by atoms with Gasteiger partial charge in [0, 0.05) is 30.1 Å². The first-order valence-corrected chi connectivity index (χ1v) is 7.05. The smallest absolute Gasteiger partial charge is 0.0499 e. The highest BCUT2D eigenvalue weighted by molar-refractivity contribution is 6.30. The average molecular weight is 268 g/mol. The molecule has 2 rings (SSSR count). The van der Waals surface area contributed by atoms with Gasteiger partial charge < -0.3 is 10.0 Å². The van der Waals surface area contributed by atoms with E-state index in [0.717, 1.165) is 31.0 Å². The van der Waals surface area contributed by atoms with Crippen LogP contribution in [0.1, 0.15) is 31.2 Å². The molecule has 0 saturated heterocycles. The molecule has 1 aromatic carbocycles. The maximum atomic E-state index is 9.63. The van der Waals surface area contributed by atoms with E-state index in [1.807, 2.05) is 18.2 Å². The molecule has 0 unspecified atom stereocenters. The molecule has 0 amide bonds. The summed E-state index contributed by atoms with van der Waals surface area (Å²) in [5, 5.41) is 10.4. The number of halogens is 1. The van der Waals surface area contributed by atoms with Gasteiger partial charge >= 0.3 is 0 Å². The van der Waals surface area contributed by atoms with Gasteiger partial charge in [-0.2, -0.15) is 0 Å². The van der Waals surface area contributed by atoms with Crippen molar-refractivity contribution in [3.8, 4) is 0 Å². The topological polar surface area (TPSA) is 23.5 Å². The average Bonchev–Trinajstić information content (AvgIpc) is 2.78. The molecule has 18 heavy (non-hydrogen) atoms. The van der Waals surface area contributed by atoms with Gasteiger partial charge in [0.15, 0.2) is 0 Å². The lowest BCUT2D eigenvalue weighted by Gasteiger charge is -2.31. The zero-order chi connectivity index (χ0) is 13.0. The molecule has 0 bridgehead atoms. The second-order valence-corrected chi connectivity index (χ2v) is 6.10. The van der Waals surface area contributed by atoms with Crippen LogP contribution in [0.3, 0.4) is 0 Å². The van der Waals surface area contributed by atoms with Crippen LogP contribution in [-0.2, 0) is 6.54 Å². The van der Waals surface area contributed by atoms with E-state index in [4.69, 9.17) is 11.6 Å². The van der Waals surface area contributed by atoms with Gasteiger partial charge in [0.25, 0.3) is 0 Å². The second-order valence-electron chi connectivity index (χ2n) is 5.67. The predicted molar refractivity (Wildman–Crippen MR) is 75.8 cm³/mol. The highest BCUT2D eigenvalue weighted by atomic mass is 35.5. The number of aliphatic hydroxyl groups excluding tert-OH is 1. The zero-order valence-electron chi connectivity index (χ0n) is 11.0. The van der Waals surface area contributed by atoms with Crippen LogP contribution in [0.2, 0.25) is 5.02 Å². The van der Waals surface area contributed by atoms with Crippen LogP contribution in [0.25, 0.3) is 0 Å². The van der Waals surface area contributed by atoms with Crippen LogP contribution in [-0.4, -0.2) is 30.2 Å². The minimum absolute atomic E-state index is 0.132. The van der Waals surface area contributed by atoms with Crippen LogP contribution in [0.5, 0.6) is 0 Å². The van der Waals surface area contributed by atoms with Crippen molar-refractivity contribution in [2.45, 2.75) is 32.2 Å². The van der Waals surface area contributed by atoms with Crippen molar-refractivity contribution < 1.29 is 5.11 Å². The Balaban J connectivity index is 1.93. The van der Waals surface area contributed by atoms with Gasteiger partial charge in [-0.25, -0.2) is 0 Å². The number of benzene rings is 1. The molecule has 100 valence electrons. The Bertz CT molecular complexity index is 388. The van der Waals surface area contributed by atoms with E-state index in [9.17, 15) is 5.11 Å². The summed E-state index contributed by atoms with van der Waals surface area (Å²) in [6.45, 7) is 2.17. The maximum Gasteiger partial charge on any atom is 0.0499 e. The van der Waals surface area contributed by atoms with Crippen molar-refractivity contribution in [2.24, 2.45) is 5.41 Å². The van der Waals surface area contributed by atoms with E-state index < -0.39 is 0 Å². The number of aliphatic hydroxyl groups is 1. The molecule has 0 aliphatic heterocycles. The summed E-state index contributed by atoms with van der Waals surface area (Å²) in [7, 11) is 2.12. The molecule has 1 aliphatic rings. The fraction of sp³-hybridized carbons (Fsp3) is 0.600. The Labute approximate surface area is 115 Å². The largest absolute Gasteiger partial charge is 0.396 e. The van der Waals surface area contributed by atoms with Crippen molar-refractivity contribution in [1.82, 2.24) is 4.90 Å². The third kappa shape index (κ3) is 3.47. The Morgan fingerprint density at radius 3 is 2.67 bits per heavy atom. The lowest BCUT2D eigenvalue weighted by molar-refractivity contribution is 0.0864.